The molecule has 2 aliphatic heterocycles. The van der Waals surface area contributed by atoms with Crippen LogP contribution < -0.4 is 0 Å². The lowest BCUT2D eigenvalue weighted by Crippen LogP contribution is -2.20. The molecule has 1 fully saturated rings. The molecule has 0 N–H and O–H groups in total. The molecule has 1 aromatic carbocycles. The Morgan fingerprint density at radius 3 is 2.77 bits per heavy atom. The molecule has 0 bridgehead atoms. The van der Waals surface area contributed by atoms with Gasteiger partial charge in [-0.3, -0.25) is 14.5 Å². The Bertz CT molecular complexity index is 1100. The van der Waals surface area contributed by atoms with E-state index in [1.807, 2.05) is 37.0 Å². The summed E-state index contributed by atoms with van der Waals surface area (Å²) < 4.78 is 7.50. The number of pyridine rings is 1. The fourth-order valence-corrected chi connectivity index (χ4v) is 4.40. The molecule has 2 aliphatic rings. The fourth-order valence-electron chi connectivity index (χ4n) is 4.40. The van der Waals surface area contributed by atoms with Gasteiger partial charge in [-0.1, -0.05) is 18.2 Å². The summed E-state index contributed by atoms with van der Waals surface area (Å²) in [5.74, 6) is 0.689. The summed E-state index contributed by atoms with van der Waals surface area (Å²) in [6.07, 6.45) is 6.16. The fraction of sp³-hybridized carbons (Fsp3) is 0.375. The molecule has 0 unspecified atom stereocenters. The molecule has 2 aromatic heterocycles. The molecular formula is C24H26N4O2. The lowest BCUT2D eigenvalue weighted by atomic mass is 9.97. The molecule has 6 heteroatoms. The van der Waals surface area contributed by atoms with Crippen molar-refractivity contribution in [1.29, 1.82) is 0 Å². The van der Waals surface area contributed by atoms with E-state index in [2.05, 4.69) is 29.5 Å². The lowest BCUT2D eigenvalue weighted by Gasteiger charge is -2.21. The minimum absolute atomic E-state index is 0.0813. The molecule has 0 aliphatic carbocycles. The molecule has 0 radical (unpaired) electrons. The first-order chi connectivity index (χ1) is 14.6. The van der Waals surface area contributed by atoms with E-state index >= 15 is 0 Å². The number of carbonyl (C=O) groups excluding carboxylic acids is 1. The second kappa shape index (κ2) is 7.69. The molecular weight excluding hydrogens is 376 g/mol. The average molecular weight is 402 g/mol. The normalized spacial score (nSPS) is 16.9. The molecule has 1 saturated heterocycles. The van der Waals surface area contributed by atoms with Gasteiger partial charge in [0.05, 0.1) is 11.9 Å². The quantitative estimate of drug-likeness (QED) is 0.663. The predicted molar refractivity (Wildman–Crippen MR) is 115 cm³/mol. The van der Waals surface area contributed by atoms with Crippen molar-refractivity contribution in [3.8, 4) is 22.4 Å². The van der Waals surface area contributed by atoms with Crippen LogP contribution in [0.3, 0.4) is 0 Å². The summed E-state index contributed by atoms with van der Waals surface area (Å²) in [6.45, 7) is 5.26. The van der Waals surface area contributed by atoms with Gasteiger partial charge in [0.15, 0.2) is 0 Å². The number of nitrogens with zero attached hydrogens (tertiary/aromatic N) is 4. The Morgan fingerprint density at radius 2 is 1.93 bits per heavy atom. The van der Waals surface area contributed by atoms with E-state index in [1.54, 1.807) is 4.90 Å². The van der Waals surface area contributed by atoms with Crippen molar-refractivity contribution >= 4 is 5.91 Å². The van der Waals surface area contributed by atoms with E-state index in [-0.39, 0.29) is 5.91 Å². The van der Waals surface area contributed by atoms with Gasteiger partial charge < -0.3 is 9.64 Å². The van der Waals surface area contributed by atoms with Crippen LogP contribution in [0.2, 0.25) is 0 Å². The molecule has 0 spiro atoms. The number of hydrogen-bond donors (Lipinski definition) is 0. The summed E-state index contributed by atoms with van der Waals surface area (Å²) in [6, 6.07) is 10.3. The van der Waals surface area contributed by atoms with Crippen LogP contribution in [-0.4, -0.2) is 45.8 Å². The largest absolute Gasteiger partial charge is 0.381 e. The smallest absolute Gasteiger partial charge is 0.254 e. The highest BCUT2D eigenvalue weighted by Crippen LogP contribution is 2.34. The Morgan fingerprint density at radius 1 is 1.10 bits per heavy atom. The summed E-state index contributed by atoms with van der Waals surface area (Å²) in [7, 11) is 1.84. The highest BCUT2D eigenvalue weighted by Gasteiger charge is 2.25. The third-order valence-corrected chi connectivity index (χ3v) is 6.13. The van der Waals surface area contributed by atoms with Gasteiger partial charge in [-0.25, -0.2) is 0 Å². The topological polar surface area (TPSA) is 60.2 Å². The van der Waals surface area contributed by atoms with Gasteiger partial charge in [0.1, 0.15) is 0 Å². The number of rotatable bonds is 4. The van der Waals surface area contributed by atoms with Crippen LogP contribution in [0.4, 0.5) is 0 Å². The molecule has 3 aromatic rings. The van der Waals surface area contributed by atoms with Crippen molar-refractivity contribution in [3.05, 3.63) is 59.5 Å². The van der Waals surface area contributed by atoms with Crippen molar-refractivity contribution in [3.63, 3.8) is 0 Å². The molecule has 0 saturated carbocycles. The van der Waals surface area contributed by atoms with E-state index in [0.29, 0.717) is 12.5 Å². The molecule has 4 heterocycles. The van der Waals surface area contributed by atoms with Gasteiger partial charge in [-0.15, -0.1) is 0 Å². The zero-order chi connectivity index (χ0) is 20.7. The van der Waals surface area contributed by atoms with Crippen LogP contribution in [0, 0.1) is 12.8 Å². The van der Waals surface area contributed by atoms with E-state index in [1.165, 1.54) is 0 Å². The number of benzene rings is 1. The van der Waals surface area contributed by atoms with Gasteiger partial charge in [0.25, 0.3) is 5.91 Å². The third kappa shape index (κ3) is 3.52. The minimum Gasteiger partial charge on any atom is -0.381 e. The van der Waals surface area contributed by atoms with Gasteiger partial charge in [0.2, 0.25) is 0 Å². The number of aromatic nitrogens is 3. The van der Waals surface area contributed by atoms with Crippen LogP contribution >= 0.6 is 0 Å². The monoisotopic (exact) mass is 402 g/mol. The van der Waals surface area contributed by atoms with Crippen molar-refractivity contribution in [2.24, 2.45) is 5.92 Å². The van der Waals surface area contributed by atoms with E-state index < -0.39 is 0 Å². The summed E-state index contributed by atoms with van der Waals surface area (Å²) in [5, 5.41) is 4.61. The standard InChI is InChI=1S/C24H26N4O2/c1-16-3-6-21(18-4-5-19-14-27(2)24(29)22(19)11-18)23(26-16)20-12-25-28(15-20)13-17-7-9-30-10-8-17/h3-6,11-12,15,17H,7-10,13-14H2,1-2H3. The van der Waals surface area contributed by atoms with Crippen LogP contribution in [0.5, 0.6) is 0 Å². The summed E-state index contributed by atoms with van der Waals surface area (Å²) in [5.41, 5.74) is 6.78. The summed E-state index contributed by atoms with van der Waals surface area (Å²) >= 11 is 0. The number of ether oxygens (including phenoxy) is 1. The van der Waals surface area contributed by atoms with Crippen LogP contribution in [0.15, 0.2) is 42.7 Å². The minimum atomic E-state index is 0.0813. The zero-order valence-electron chi connectivity index (χ0n) is 17.5. The Kier molecular flexibility index (Phi) is 4.87. The van der Waals surface area contributed by atoms with E-state index in [4.69, 9.17) is 9.72 Å². The number of carbonyl (C=O) groups is 1. The zero-order valence-corrected chi connectivity index (χ0v) is 17.5. The second-order valence-electron chi connectivity index (χ2n) is 8.39. The van der Waals surface area contributed by atoms with Gasteiger partial charge in [-0.05, 0) is 48.9 Å². The maximum Gasteiger partial charge on any atom is 0.254 e. The Balaban J connectivity index is 1.49. The second-order valence-corrected chi connectivity index (χ2v) is 8.39. The van der Waals surface area contributed by atoms with Crippen LogP contribution in [0.25, 0.3) is 22.4 Å². The van der Waals surface area contributed by atoms with Gasteiger partial charge >= 0.3 is 0 Å². The first-order valence-electron chi connectivity index (χ1n) is 10.6. The first-order valence-corrected chi connectivity index (χ1v) is 10.6. The number of fused-ring (bicyclic) bond motifs is 1. The number of aryl methyl sites for hydroxylation is 1. The molecule has 1 amide bonds. The van der Waals surface area contributed by atoms with Crippen molar-refractivity contribution in [2.75, 3.05) is 20.3 Å². The van der Waals surface area contributed by atoms with Crippen molar-refractivity contribution < 1.29 is 9.53 Å². The van der Waals surface area contributed by atoms with Crippen molar-refractivity contribution in [2.45, 2.75) is 32.9 Å². The molecule has 0 atom stereocenters. The van der Waals surface area contributed by atoms with Crippen molar-refractivity contribution in [1.82, 2.24) is 19.7 Å². The molecule has 154 valence electrons. The lowest BCUT2D eigenvalue weighted by molar-refractivity contribution is 0.0601. The van der Waals surface area contributed by atoms with E-state index in [9.17, 15) is 4.79 Å². The SMILES string of the molecule is Cc1ccc(-c2ccc3c(c2)C(=O)N(C)C3)c(-c2cnn(CC3CCOCC3)c2)n1. The molecule has 6 nitrogen and oxygen atoms in total. The maximum atomic E-state index is 12.5. The Hall–Kier alpha value is -2.99. The average Bonchev–Trinajstić information content (AvgIpc) is 3.33. The summed E-state index contributed by atoms with van der Waals surface area (Å²) in [4.78, 5) is 19.1. The highest BCUT2D eigenvalue weighted by atomic mass is 16.5. The van der Waals surface area contributed by atoms with Gasteiger partial charge in [0, 0.05) is 61.9 Å². The highest BCUT2D eigenvalue weighted by molar-refractivity contribution is 5.99. The maximum absolute atomic E-state index is 12.5. The third-order valence-electron chi connectivity index (χ3n) is 6.13. The number of amides is 1. The predicted octanol–water partition coefficient (Wildman–Crippen LogP) is 3.93. The van der Waals surface area contributed by atoms with E-state index in [0.717, 1.165) is 71.8 Å². The van der Waals surface area contributed by atoms with Crippen LogP contribution in [0.1, 0.15) is 34.5 Å². The van der Waals surface area contributed by atoms with Gasteiger partial charge in [-0.2, -0.15) is 5.10 Å². The molecule has 5 rings (SSSR count). The van der Waals surface area contributed by atoms with Crippen LogP contribution in [-0.2, 0) is 17.8 Å². The first kappa shape index (κ1) is 19.0. The molecule has 30 heavy (non-hydrogen) atoms. The Labute approximate surface area is 176 Å². The number of hydrogen-bond acceptors (Lipinski definition) is 4.